The molecular formula is C13H21NO4. The molecule has 1 heterocycles. The zero-order valence-corrected chi connectivity index (χ0v) is 11.0. The quantitative estimate of drug-likeness (QED) is 0.421. The highest BCUT2D eigenvalue weighted by molar-refractivity contribution is 5.99. The van der Waals surface area contributed by atoms with Gasteiger partial charge in [-0.1, -0.05) is 26.7 Å². The summed E-state index contributed by atoms with van der Waals surface area (Å²) in [5, 5.41) is 2.57. The third-order valence-corrected chi connectivity index (χ3v) is 3.04. The number of esters is 1. The van der Waals surface area contributed by atoms with E-state index < -0.39 is 12.0 Å². The predicted molar refractivity (Wildman–Crippen MR) is 65.8 cm³/mol. The first-order valence-corrected chi connectivity index (χ1v) is 6.52. The Balaban J connectivity index is 2.28. The summed E-state index contributed by atoms with van der Waals surface area (Å²) in [6, 6.07) is -0.596. The maximum atomic E-state index is 11.6. The molecule has 0 aromatic rings. The topological polar surface area (TPSA) is 72.5 Å². The molecule has 5 nitrogen and oxygen atoms in total. The Morgan fingerprint density at radius 1 is 1.39 bits per heavy atom. The maximum absolute atomic E-state index is 11.6. The fraction of sp³-hybridized carbons (Fsp3) is 0.769. The van der Waals surface area contributed by atoms with Crippen molar-refractivity contribution in [3.8, 4) is 0 Å². The summed E-state index contributed by atoms with van der Waals surface area (Å²) in [6.07, 6.45) is 3.17. The summed E-state index contributed by atoms with van der Waals surface area (Å²) in [7, 11) is 0. The molecule has 18 heavy (non-hydrogen) atoms. The largest absolute Gasteiger partial charge is 0.464 e. The number of carbonyl (C=O) groups excluding carboxylic acids is 3. The molecule has 0 unspecified atom stereocenters. The number of unbranched alkanes of at least 4 members (excludes halogenated alkanes) is 2. The van der Waals surface area contributed by atoms with Crippen LogP contribution in [0.1, 0.15) is 46.0 Å². The summed E-state index contributed by atoms with van der Waals surface area (Å²) < 4.78 is 4.82. The van der Waals surface area contributed by atoms with Crippen molar-refractivity contribution < 1.29 is 19.1 Å². The van der Waals surface area contributed by atoms with E-state index in [2.05, 4.69) is 12.2 Å². The number of rotatable bonds is 7. The fourth-order valence-corrected chi connectivity index (χ4v) is 1.90. The van der Waals surface area contributed by atoms with Crippen LogP contribution in [0.3, 0.4) is 0 Å². The SMILES string of the molecule is CCCCCC(=O)CC(=O)N[C@@H]1C(=O)OC[C@H]1C. The van der Waals surface area contributed by atoms with Gasteiger partial charge in [-0.15, -0.1) is 0 Å². The lowest BCUT2D eigenvalue weighted by Crippen LogP contribution is -2.42. The number of Topliss-reactive ketones (excluding diaryl/α,β-unsaturated/α-hetero) is 1. The van der Waals surface area contributed by atoms with Gasteiger partial charge in [-0.25, -0.2) is 4.79 Å². The molecule has 1 aliphatic rings. The van der Waals surface area contributed by atoms with Crippen molar-refractivity contribution in [2.45, 2.75) is 52.0 Å². The zero-order valence-electron chi connectivity index (χ0n) is 11.0. The minimum Gasteiger partial charge on any atom is -0.464 e. The van der Waals surface area contributed by atoms with Crippen LogP contribution in [0.2, 0.25) is 0 Å². The van der Waals surface area contributed by atoms with E-state index in [4.69, 9.17) is 4.74 Å². The molecule has 0 bridgehead atoms. The average Bonchev–Trinajstić information content (AvgIpc) is 2.61. The molecule has 1 fully saturated rings. The molecule has 0 radical (unpaired) electrons. The summed E-state index contributed by atoms with van der Waals surface area (Å²) in [6.45, 7) is 4.22. The Morgan fingerprint density at radius 2 is 2.11 bits per heavy atom. The number of ketones is 1. The van der Waals surface area contributed by atoms with Crippen LogP contribution < -0.4 is 5.32 Å². The fourth-order valence-electron chi connectivity index (χ4n) is 1.90. The van der Waals surface area contributed by atoms with Gasteiger partial charge in [0.15, 0.2) is 0 Å². The van der Waals surface area contributed by atoms with Gasteiger partial charge < -0.3 is 10.1 Å². The molecule has 0 aromatic carbocycles. The van der Waals surface area contributed by atoms with E-state index >= 15 is 0 Å². The van der Waals surface area contributed by atoms with Crippen LogP contribution in [0.25, 0.3) is 0 Å². The van der Waals surface area contributed by atoms with Crippen LogP contribution >= 0.6 is 0 Å². The van der Waals surface area contributed by atoms with E-state index in [-0.39, 0.29) is 24.0 Å². The van der Waals surface area contributed by atoms with Crippen molar-refractivity contribution in [3.63, 3.8) is 0 Å². The second kappa shape index (κ2) is 7.13. The van der Waals surface area contributed by atoms with Crippen LogP contribution in [0.4, 0.5) is 0 Å². The molecule has 1 N–H and O–H groups in total. The second-order valence-electron chi connectivity index (χ2n) is 4.83. The van der Waals surface area contributed by atoms with Crippen molar-refractivity contribution in [2.75, 3.05) is 6.61 Å². The minimum absolute atomic E-state index is 0.0309. The van der Waals surface area contributed by atoms with Crippen LogP contribution in [-0.4, -0.2) is 30.3 Å². The Bertz CT molecular complexity index is 327. The third-order valence-electron chi connectivity index (χ3n) is 3.04. The molecule has 5 heteroatoms. The van der Waals surface area contributed by atoms with Crippen molar-refractivity contribution in [2.24, 2.45) is 5.92 Å². The van der Waals surface area contributed by atoms with E-state index in [0.29, 0.717) is 13.0 Å². The number of ether oxygens (including phenoxy) is 1. The van der Waals surface area contributed by atoms with Gasteiger partial charge in [-0.05, 0) is 6.42 Å². The lowest BCUT2D eigenvalue weighted by Gasteiger charge is -2.12. The second-order valence-corrected chi connectivity index (χ2v) is 4.83. The van der Waals surface area contributed by atoms with Crippen molar-refractivity contribution in [1.29, 1.82) is 0 Å². The molecular weight excluding hydrogens is 234 g/mol. The van der Waals surface area contributed by atoms with Crippen LogP contribution in [0.5, 0.6) is 0 Å². The van der Waals surface area contributed by atoms with Gasteiger partial charge >= 0.3 is 5.97 Å². The highest BCUT2D eigenvalue weighted by Gasteiger charge is 2.35. The van der Waals surface area contributed by atoms with Gasteiger partial charge in [0.2, 0.25) is 5.91 Å². The molecule has 1 amide bonds. The average molecular weight is 255 g/mol. The summed E-state index contributed by atoms with van der Waals surface area (Å²) in [5.41, 5.74) is 0. The molecule has 0 aliphatic carbocycles. The van der Waals surface area contributed by atoms with Crippen LogP contribution in [0.15, 0.2) is 0 Å². The number of nitrogens with one attached hydrogen (secondary N) is 1. The van der Waals surface area contributed by atoms with E-state index in [1.54, 1.807) is 0 Å². The number of amides is 1. The Kier molecular flexibility index (Phi) is 5.82. The first-order chi connectivity index (χ1) is 8.54. The van der Waals surface area contributed by atoms with Crippen molar-refractivity contribution in [1.82, 2.24) is 5.32 Å². The molecule has 1 rings (SSSR count). The lowest BCUT2D eigenvalue weighted by atomic mass is 10.1. The summed E-state index contributed by atoms with van der Waals surface area (Å²) in [5.74, 6) is -0.891. The first kappa shape index (κ1) is 14.7. The van der Waals surface area contributed by atoms with E-state index in [0.717, 1.165) is 19.3 Å². The standard InChI is InChI=1S/C13H21NO4/c1-3-4-5-6-10(15)7-11(16)14-12-9(2)8-18-13(12)17/h9,12H,3-8H2,1-2H3,(H,14,16)/t9-,12+/m1/s1. The lowest BCUT2D eigenvalue weighted by molar-refractivity contribution is -0.142. The first-order valence-electron chi connectivity index (χ1n) is 6.52. The predicted octanol–water partition coefficient (Wildman–Crippen LogP) is 1.20. The number of carbonyl (C=O) groups is 3. The third kappa shape index (κ3) is 4.47. The van der Waals surface area contributed by atoms with E-state index in [1.807, 2.05) is 6.92 Å². The smallest absolute Gasteiger partial charge is 0.329 e. The number of hydrogen-bond donors (Lipinski definition) is 1. The monoisotopic (exact) mass is 255 g/mol. The van der Waals surface area contributed by atoms with Crippen LogP contribution in [-0.2, 0) is 19.1 Å². The van der Waals surface area contributed by atoms with Gasteiger partial charge in [0, 0.05) is 12.3 Å². The molecule has 0 spiro atoms. The molecule has 1 aliphatic heterocycles. The summed E-state index contributed by atoms with van der Waals surface area (Å²) >= 11 is 0. The maximum Gasteiger partial charge on any atom is 0.329 e. The molecule has 102 valence electrons. The van der Waals surface area contributed by atoms with Crippen molar-refractivity contribution in [3.05, 3.63) is 0 Å². The molecule has 1 saturated heterocycles. The van der Waals surface area contributed by atoms with Crippen LogP contribution in [0, 0.1) is 5.92 Å². The highest BCUT2D eigenvalue weighted by Crippen LogP contribution is 2.14. The van der Waals surface area contributed by atoms with Gasteiger partial charge in [0.05, 0.1) is 13.0 Å². The Morgan fingerprint density at radius 3 is 2.67 bits per heavy atom. The molecule has 0 aromatic heterocycles. The zero-order chi connectivity index (χ0) is 13.5. The molecule has 2 atom stereocenters. The van der Waals surface area contributed by atoms with Gasteiger partial charge in [-0.2, -0.15) is 0 Å². The van der Waals surface area contributed by atoms with Crippen molar-refractivity contribution >= 4 is 17.7 Å². The molecule has 0 saturated carbocycles. The minimum atomic E-state index is -0.596. The number of hydrogen-bond acceptors (Lipinski definition) is 4. The summed E-state index contributed by atoms with van der Waals surface area (Å²) in [4.78, 5) is 34.4. The van der Waals surface area contributed by atoms with E-state index in [1.165, 1.54) is 0 Å². The van der Waals surface area contributed by atoms with E-state index in [9.17, 15) is 14.4 Å². The van der Waals surface area contributed by atoms with Gasteiger partial charge in [0.25, 0.3) is 0 Å². The number of cyclic esters (lactones) is 1. The van der Waals surface area contributed by atoms with Gasteiger partial charge in [0.1, 0.15) is 11.8 Å². The highest BCUT2D eigenvalue weighted by atomic mass is 16.5. The van der Waals surface area contributed by atoms with Gasteiger partial charge in [-0.3, -0.25) is 9.59 Å². The Hall–Kier alpha value is -1.39. The Labute approximate surface area is 107 Å². The normalized spacial score (nSPS) is 22.7.